The molecular formula is C30H21BrF2N3O7PS. The van der Waals surface area contributed by atoms with Crippen LogP contribution in [0.1, 0.15) is 31.8 Å². The zero-order valence-electron chi connectivity index (χ0n) is 22.8. The number of benzene rings is 4. The molecule has 4 aromatic carbocycles. The topological polar surface area (TPSA) is 151 Å². The number of amides is 1. The van der Waals surface area contributed by atoms with Gasteiger partial charge in [0.15, 0.2) is 0 Å². The summed E-state index contributed by atoms with van der Waals surface area (Å²) in [6.45, 7) is -0.0318. The summed E-state index contributed by atoms with van der Waals surface area (Å²) >= 11 is 4.08. The van der Waals surface area contributed by atoms with Crippen molar-refractivity contribution in [1.29, 1.82) is 0 Å². The predicted molar refractivity (Wildman–Crippen MR) is 165 cm³/mol. The third-order valence-corrected chi connectivity index (χ3v) is 8.92. The molecule has 0 atom stereocenters. The summed E-state index contributed by atoms with van der Waals surface area (Å²) in [5.74, 6) is -0.933. The van der Waals surface area contributed by atoms with Crippen molar-refractivity contribution in [3.8, 4) is 22.1 Å². The summed E-state index contributed by atoms with van der Waals surface area (Å²) in [5, 5.41) is 14.3. The lowest BCUT2D eigenvalue weighted by Gasteiger charge is -2.19. The van der Waals surface area contributed by atoms with E-state index in [1.54, 1.807) is 66.7 Å². The van der Waals surface area contributed by atoms with Gasteiger partial charge in [0.25, 0.3) is 5.91 Å². The van der Waals surface area contributed by atoms with Gasteiger partial charge in [0.1, 0.15) is 16.5 Å². The molecule has 5 rings (SSSR count). The van der Waals surface area contributed by atoms with Crippen molar-refractivity contribution in [3.63, 3.8) is 0 Å². The number of halogens is 3. The molecule has 0 saturated carbocycles. The van der Waals surface area contributed by atoms with Crippen LogP contribution in [0.15, 0.2) is 107 Å². The van der Waals surface area contributed by atoms with Gasteiger partial charge >= 0.3 is 19.2 Å². The second kappa shape index (κ2) is 13.0. The fraction of sp³-hybridized carbons (Fsp3) is 0.0667. The van der Waals surface area contributed by atoms with E-state index < -0.39 is 30.7 Å². The molecule has 1 aromatic heterocycles. The maximum atomic E-state index is 14.4. The smallest absolute Gasteiger partial charge is 0.399 e. The van der Waals surface area contributed by atoms with Crippen LogP contribution in [0.5, 0.6) is 11.5 Å². The Labute approximate surface area is 266 Å². The predicted octanol–water partition coefficient (Wildman–Crippen LogP) is 6.88. The van der Waals surface area contributed by atoms with Gasteiger partial charge in [-0.15, -0.1) is 0 Å². The number of alkyl halides is 2. The zero-order valence-corrected chi connectivity index (χ0v) is 26.0. The monoisotopic (exact) mass is 715 g/mol. The van der Waals surface area contributed by atoms with E-state index in [0.29, 0.717) is 33.2 Å². The molecule has 0 radical (unpaired) electrons. The SMILES string of the molecule is O=C(O)c1cccc(Oc2cccc(-c3nn(Cc4ccc(C(F)(F)P(=O)(O)O)c(Br)c4)/c(=N/C(=O)c4ccccc4)s3)c2)c1. The van der Waals surface area contributed by atoms with Gasteiger partial charge in [-0.25, -0.2) is 9.48 Å². The van der Waals surface area contributed by atoms with Crippen molar-refractivity contribution in [2.75, 3.05) is 0 Å². The van der Waals surface area contributed by atoms with Crippen LogP contribution in [-0.2, 0) is 16.8 Å². The molecule has 0 aliphatic heterocycles. The molecule has 45 heavy (non-hydrogen) atoms. The minimum atomic E-state index is -5.78. The number of ether oxygens (including phenoxy) is 1. The molecule has 3 N–H and O–H groups in total. The Morgan fingerprint density at radius 2 is 1.60 bits per heavy atom. The molecular weight excluding hydrogens is 695 g/mol. The number of nitrogens with zero attached hydrogens (tertiary/aromatic N) is 3. The van der Waals surface area contributed by atoms with Crippen LogP contribution in [0.25, 0.3) is 10.6 Å². The second-order valence-electron chi connectivity index (χ2n) is 9.49. The molecule has 230 valence electrons. The summed E-state index contributed by atoms with van der Waals surface area (Å²) < 4.78 is 47.2. The summed E-state index contributed by atoms with van der Waals surface area (Å²) in [7, 11) is -5.78. The van der Waals surface area contributed by atoms with E-state index in [0.717, 1.165) is 17.4 Å². The van der Waals surface area contributed by atoms with Gasteiger partial charge in [0.05, 0.1) is 12.1 Å². The summed E-state index contributed by atoms with van der Waals surface area (Å²) in [4.78, 5) is 47.0. The molecule has 0 bridgehead atoms. The number of hydrogen-bond donors (Lipinski definition) is 3. The molecule has 15 heteroatoms. The van der Waals surface area contributed by atoms with E-state index in [-0.39, 0.29) is 21.4 Å². The van der Waals surface area contributed by atoms with E-state index in [2.05, 4.69) is 26.0 Å². The first-order valence-electron chi connectivity index (χ1n) is 12.9. The summed E-state index contributed by atoms with van der Waals surface area (Å²) in [6, 6.07) is 24.6. The molecule has 0 saturated heterocycles. The van der Waals surface area contributed by atoms with Gasteiger partial charge < -0.3 is 19.6 Å². The second-order valence-corrected chi connectivity index (χ2v) is 13.0. The number of carboxylic acids is 1. The molecule has 0 unspecified atom stereocenters. The third-order valence-electron chi connectivity index (χ3n) is 6.29. The maximum Gasteiger partial charge on any atom is 0.399 e. The lowest BCUT2D eigenvalue weighted by atomic mass is 10.1. The first-order chi connectivity index (χ1) is 21.3. The number of aromatic carboxylic acids is 1. The normalized spacial score (nSPS) is 12.2. The van der Waals surface area contributed by atoms with E-state index >= 15 is 0 Å². The molecule has 0 aliphatic rings. The highest BCUT2D eigenvalue weighted by Gasteiger charge is 2.51. The number of carbonyl (C=O) groups is 2. The number of hydrogen-bond acceptors (Lipinski definition) is 6. The van der Waals surface area contributed by atoms with Crippen LogP contribution < -0.4 is 9.54 Å². The first-order valence-corrected chi connectivity index (χ1v) is 16.1. The van der Waals surface area contributed by atoms with Gasteiger partial charge in [-0.3, -0.25) is 9.36 Å². The van der Waals surface area contributed by atoms with Gasteiger partial charge in [0, 0.05) is 21.2 Å². The van der Waals surface area contributed by atoms with E-state index in [9.17, 15) is 28.0 Å². The number of carbonyl (C=O) groups excluding carboxylic acids is 1. The zero-order chi connectivity index (χ0) is 32.4. The van der Waals surface area contributed by atoms with Gasteiger partial charge in [-0.1, -0.05) is 75.8 Å². The van der Waals surface area contributed by atoms with Crippen LogP contribution in [0, 0.1) is 0 Å². The Morgan fingerprint density at radius 3 is 2.27 bits per heavy atom. The number of carboxylic acid groups (broad SMARTS) is 1. The average Bonchev–Trinajstić information content (AvgIpc) is 3.39. The third kappa shape index (κ3) is 7.32. The quantitative estimate of drug-likeness (QED) is 0.140. The highest BCUT2D eigenvalue weighted by Crippen LogP contribution is 2.60. The first kappa shape index (κ1) is 32.1. The summed E-state index contributed by atoms with van der Waals surface area (Å²) in [6.07, 6.45) is 0. The Hall–Kier alpha value is -4.33. The minimum absolute atomic E-state index is 0.0318. The van der Waals surface area contributed by atoms with Crippen LogP contribution >= 0.6 is 34.9 Å². The number of rotatable bonds is 9. The lowest BCUT2D eigenvalue weighted by Crippen LogP contribution is -2.20. The average molecular weight is 716 g/mol. The van der Waals surface area contributed by atoms with Crippen molar-refractivity contribution in [2.24, 2.45) is 4.99 Å². The van der Waals surface area contributed by atoms with Crippen LogP contribution in [0.3, 0.4) is 0 Å². The molecule has 0 aliphatic carbocycles. The Balaban J connectivity index is 1.52. The number of aromatic nitrogens is 2. The van der Waals surface area contributed by atoms with Crippen LogP contribution in [-0.4, -0.2) is 36.6 Å². The lowest BCUT2D eigenvalue weighted by molar-refractivity contribution is 0.0557. The molecule has 0 spiro atoms. The van der Waals surface area contributed by atoms with Crippen molar-refractivity contribution in [1.82, 2.24) is 9.78 Å². The van der Waals surface area contributed by atoms with Gasteiger partial charge in [-0.05, 0) is 54.1 Å². The largest absolute Gasteiger partial charge is 0.478 e. The molecule has 0 fully saturated rings. The van der Waals surface area contributed by atoms with Crippen LogP contribution in [0.4, 0.5) is 8.78 Å². The molecule has 10 nitrogen and oxygen atoms in total. The minimum Gasteiger partial charge on any atom is -0.478 e. The van der Waals surface area contributed by atoms with Crippen molar-refractivity contribution in [3.05, 3.63) is 129 Å². The van der Waals surface area contributed by atoms with Crippen molar-refractivity contribution < 1.29 is 42.6 Å². The Kier molecular flexibility index (Phi) is 9.23. The fourth-order valence-corrected chi connectivity index (χ4v) is 6.33. The standard InChI is InChI=1S/C30H21BrF2N3O7PS/c31-25-14-18(12-13-24(25)30(32,33)44(40,41)42)17-36-29(34-26(37)19-6-2-1-3-7-19)45-27(35-36)20-8-4-10-22(15-20)43-23-11-5-9-21(16-23)28(38)39/h1-16H,17H2,(H,38,39)(H2,40,41,42)/b34-29-. The van der Waals surface area contributed by atoms with E-state index in [4.69, 9.17) is 14.5 Å². The van der Waals surface area contributed by atoms with Crippen molar-refractivity contribution >= 4 is 46.7 Å². The maximum absolute atomic E-state index is 14.4. The molecule has 1 amide bonds. The van der Waals surface area contributed by atoms with Gasteiger partial charge in [-0.2, -0.15) is 18.9 Å². The Morgan fingerprint density at radius 1 is 0.933 bits per heavy atom. The van der Waals surface area contributed by atoms with Crippen molar-refractivity contribution in [2.45, 2.75) is 12.2 Å². The molecule has 5 aromatic rings. The van der Waals surface area contributed by atoms with Crippen LogP contribution in [0.2, 0.25) is 0 Å². The Bertz CT molecular complexity index is 2030. The molecule has 1 heterocycles. The van der Waals surface area contributed by atoms with E-state index in [1.165, 1.54) is 28.9 Å². The van der Waals surface area contributed by atoms with E-state index in [1.807, 2.05) is 0 Å². The van der Waals surface area contributed by atoms with Gasteiger partial charge in [0.2, 0.25) is 4.80 Å². The highest BCUT2D eigenvalue weighted by atomic mass is 79.9. The summed E-state index contributed by atoms with van der Waals surface area (Å²) in [5.41, 5.74) is -3.87. The highest BCUT2D eigenvalue weighted by molar-refractivity contribution is 9.10. The fourth-order valence-electron chi connectivity index (χ4n) is 4.10.